The quantitative estimate of drug-likeness (QED) is 0.782. The Labute approximate surface area is 137 Å². The average molecular weight is 326 g/mol. The monoisotopic (exact) mass is 326 g/mol. The first-order valence-corrected chi connectivity index (χ1v) is 7.32. The molecule has 0 spiro atoms. The van der Waals surface area contributed by atoms with Crippen LogP contribution in [0.25, 0.3) is 22.8 Å². The molecule has 3 aromatic rings. The summed E-state index contributed by atoms with van der Waals surface area (Å²) in [4.78, 5) is 15.3. The summed E-state index contributed by atoms with van der Waals surface area (Å²) in [6.07, 6.45) is 0. The van der Waals surface area contributed by atoms with Crippen molar-refractivity contribution in [2.24, 2.45) is 0 Å². The minimum absolute atomic E-state index is 0.0730. The number of carbonyl (C=O) groups is 1. The Balaban J connectivity index is 2.08. The third-order valence-electron chi connectivity index (χ3n) is 3.98. The molecule has 0 aliphatic carbocycles. The first-order valence-electron chi connectivity index (χ1n) is 7.32. The van der Waals surface area contributed by atoms with E-state index < -0.39 is 5.97 Å². The van der Waals surface area contributed by atoms with E-state index in [9.17, 15) is 9.18 Å². The van der Waals surface area contributed by atoms with Gasteiger partial charge in [0.15, 0.2) is 0 Å². The molecule has 0 bridgehead atoms. The van der Waals surface area contributed by atoms with Crippen LogP contribution < -0.4 is 0 Å². The third-order valence-corrected chi connectivity index (χ3v) is 3.98. The average Bonchev–Trinajstić information content (AvgIpc) is 3.02. The second-order valence-corrected chi connectivity index (χ2v) is 5.63. The summed E-state index contributed by atoms with van der Waals surface area (Å²) in [6, 6.07) is 8.05. The molecule has 0 aliphatic heterocycles. The maximum atomic E-state index is 14.6. The number of aromatic nitrogens is 2. The van der Waals surface area contributed by atoms with E-state index in [4.69, 9.17) is 9.63 Å². The Bertz CT molecular complexity index is 947. The SMILES string of the molecule is Cc1cc(C)c(-c2nc(-c3cccc(C(=O)O)c3)no2)c(F)c1C. The van der Waals surface area contributed by atoms with Crippen LogP contribution in [-0.2, 0) is 0 Å². The zero-order valence-corrected chi connectivity index (χ0v) is 13.4. The third kappa shape index (κ3) is 2.67. The van der Waals surface area contributed by atoms with Gasteiger partial charge in [0, 0.05) is 5.56 Å². The topological polar surface area (TPSA) is 76.2 Å². The molecule has 0 atom stereocenters. The van der Waals surface area contributed by atoms with Crippen molar-refractivity contribution in [3.05, 3.63) is 58.4 Å². The van der Waals surface area contributed by atoms with Gasteiger partial charge in [-0.05, 0) is 49.6 Å². The maximum absolute atomic E-state index is 14.6. The van der Waals surface area contributed by atoms with Crippen LogP contribution in [0.4, 0.5) is 4.39 Å². The predicted molar refractivity (Wildman–Crippen MR) is 86.3 cm³/mol. The number of hydrogen-bond donors (Lipinski definition) is 1. The molecule has 0 unspecified atom stereocenters. The zero-order valence-electron chi connectivity index (χ0n) is 13.4. The van der Waals surface area contributed by atoms with Crippen molar-refractivity contribution in [2.45, 2.75) is 20.8 Å². The summed E-state index contributed by atoms with van der Waals surface area (Å²) in [5, 5.41) is 12.9. The van der Waals surface area contributed by atoms with E-state index in [1.807, 2.05) is 13.0 Å². The molecule has 0 saturated heterocycles. The second kappa shape index (κ2) is 5.88. The van der Waals surface area contributed by atoms with E-state index >= 15 is 0 Å². The van der Waals surface area contributed by atoms with Crippen LogP contribution >= 0.6 is 0 Å². The highest BCUT2D eigenvalue weighted by Gasteiger charge is 2.20. The number of halogens is 1. The lowest BCUT2D eigenvalue weighted by Crippen LogP contribution is -1.97. The van der Waals surface area contributed by atoms with E-state index in [0.717, 1.165) is 5.56 Å². The Morgan fingerprint density at radius 3 is 2.62 bits per heavy atom. The summed E-state index contributed by atoms with van der Waals surface area (Å²) in [5.74, 6) is -1.15. The van der Waals surface area contributed by atoms with Gasteiger partial charge in [-0.1, -0.05) is 23.4 Å². The van der Waals surface area contributed by atoms with Gasteiger partial charge in [-0.25, -0.2) is 9.18 Å². The van der Waals surface area contributed by atoms with Crippen LogP contribution in [0.3, 0.4) is 0 Å². The number of carboxylic acids is 1. The maximum Gasteiger partial charge on any atom is 0.335 e. The molecular formula is C18H15FN2O3. The molecule has 1 heterocycles. The number of aryl methyl sites for hydroxylation is 2. The summed E-state index contributed by atoms with van der Waals surface area (Å²) in [6.45, 7) is 5.31. The van der Waals surface area contributed by atoms with Gasteiger partial charge < -0.3 is 9.63 Å². The first-order chi connectivity index (χ1) is 11.4. The van der Waals surface area contributed by atoms with Crippen LogP contribution in [0.2, 0.25) is 0 Å². The van der Waals surface area contributed by atoms with Crippen LogP contribution in [0.1, 0.15) is 27.0 Å². The van der Waals surface area contributed by atoms with Crippen molar-refractivity contribution in [3.63, 3.8) is 0 Å². The van der Waals surface area contributed by atoms with E-state index in [-0.39, 0.29) is 28.7 Å². The van der Waals surface area contributed by atoms with Crippen LogP contribution in [0.15, 0.2) is 34.9 Å². The summed E-state index contributed by atoms with van der Waals surface area (Å²) in [5.41, 5.74) is 2.96. The molecule has 0 radical (unpaired) electrons. The van der Waals surface area contributed by atoms with Crippen molar-refractivity contribution in [1.29, 1.82) is 0 Å². The van der Waals surface area contributed by atoms with E-state index in [1.165, 1.54) is 12.1 Å². The fourth-order valence-corrected chi connectivity index (χ4v) is 2.54. The Morgan fingerprint density at radius 1 is 1.17 bits per heavy atom. The van der Waals surface area contributed by atoms with Gasteiger partial charge >= 0.3 is 5.97 Å². The number of aromatic carboxylic acids is 1. The molecule has 0 amide bonds. The summed E-state index contributed by atoms with van der Waals surface area (Å²) in [7, 11) is 0. The lowest BCUT2D eigenvalue weighted by atomic mass is 10.00. The molecule has 2 aromatic carbocycles. The van der Waals surface area contributed by atoms with E-state index in [1.54, 1.807) is 26.0 Å². The smallest absolute Gasteiger partial charge is 0.335 e. The van der Waals surface area contributed by atoms with Crippen molar-refractivity contribution in [2.75, 3.05) is 0 Å². The minimum Gasteiger partial charge on any atom is -0.478 e. The second-order valence-electron chi connectivity index (χ2n) is 5.63. The molecule has 0 aliphatic rings. The van der Waals surface area contributed by atoms with E-state index in [0.29, 0.717) is 16.7 Å². The molecule has 0 fully saturated rings. The van der Waals surface area contributed by atoms with Gasteiger partial charge in [0.1, 0.15) is 5.82 Å². The number of benzene rings is 2. The Hall–Kier alpha value is -3.02. The van der Waals surface area contributed by atoms with Crippen LogP contribution in [0.5, 0.6) is 0 Å². The highest BCUT2D eigenvalue weighted by atomic mass is 19.1. The van der Waals surface area contributed by atoms with Gasteiger partial charge in [-0.2, -0.15) is 4.98 Å². The van der Waals surface area contributed by atoms with Gasteiger partial charge in [0.25, 0.3) is 5.89 Å². The van der Waals surface area contributed by atoms with Crippen molar-refractivity contribution < 1.29 is 18.8 Å². The van der Waals surface area contributed by atoms with Crippen molar-refractivity contribution in [1.82, 2.24) is 10.1 Å². The lowest BCUT2D eigenvalue weighted by Gasteiger charge is -2.08. The van der Waals surface area contributed by atoms with Gasteiger partial charge in [0.2, 0.25) is 5.82 Å². The molecule has 122 valence electrons. The van der Waals surface area contributed by atoms with Crippen LogP contribution in [-0.4, -0.2) is 21.2 Å². The molecule has 3 rings (SSSR count). The largest absolute Gasteiger partial charge is 0.478 e. The van der Waals surface area contributed by atoms with Gasteiger partial charge in [-0.3, -0.25) is 0 Å². The molecular weight excluding hydrogens is 311 g/mol. The number of nitrogens with zero attached hydrogens (tertiary/aromatic N) is 2. The van der Waals surface area contributed by atoms with Gasteiger partial charge in [0.05, 0.1) is 11.1 Å². The van der Waals surface area contributed by atoms with Crippen molar-refractivity contribution >= 4 is 5.97 Å². The molecule has 24 heavy (non-hydrogen) atoms. The Kier molecular flexibility index (Phi) is 3.89. The van der Waals surface area contributed by atoms with Crippen molar-refractivity contribution in [3.8, 4) is 22.8 Å². The summed E-state index contributed by atoms with van der Waals surface area (Å²) >= 11 is 0. The number of hydrogen-bond acceptors (Lipinski definition) is 4. The zero-order chi connectivity index (χ0) is 17.4. The first kappa shape index (κ1) is 15.9. The minimum atomic E-state index is -1.04. The fourth-order valence-electron chi connectivity index (χ4n) is 2.54. The predicted octanol–water partition coefficient (Wildman–Crippen LogP) is 4.17. The normalized spacial score (nSPS) is 10.8. The lowest BCUT2D eigenvalue weighted by molar-refractivity contribution is 0.0697. The highest BCUT2D eigenvalue weighted by Crippen LogP contribution is 2.30. The Morgan fingerprint density at radius 2 is 1.92 bits per heavy atom. The fraction of sp³-hybridized carbons (Fsp3) is 0.167. The van der Waals surface area contributed by atoms with E-state index in [2.05, 4.69) is 10.1 Å². The van der Waals surface area contributed by atoms with Gasteiger partial charge in [-0.15, -0.1) is 0 Å². The number of carboxylic acid groups (broad SMARTS) is 1. The molecule has 5 nitrogen and oxygen atoms in total. The molecule has 0 saturated carbocycles. The number of rotatable bonds is 3. The summed E-state index contributed by atoms with van der Waals surface area (Å²) < 4.78 is 19.8. The highest BCUT2D eigenvalue weighted by molar-refractivity contribution is 5.89. The van der Waals surface area contributed by atoms with Crippen LogP contribution in [0, 0.1) is 26.6 Å². The molecule has 1 N–H and O–H groups in total. The molecule has 1 aromatic heterocycles. The molecule has 6 heteroatoms. The standard InChI is InChI=1S/C18H15FN2O3/c1-9-7-10(2)14(15(19)11(9)3)17-20-16(21-24-17)12-5-4-6-13(8-12)18(22)23/h4-8H,1-3H3,(H,22,23).